The van der Waals surface area contributed by atoms with Crippen LogP contribution < -0.4 is 11.1 Å². The average Bonchev–Trinajstić information content (AvgIpc) is 2.16. The Morgan fingerprint density at radius 1 is 1.62 bits per heavy atom. The van der Waals surface area contributed by atoms with Crippen molar-refractivity contribution in [2.24, 2.45) is 5.73 Å². The fourth-order valence-electron chi connectivity index (χ4n) is 1.04. The van der Waals surface area contributed by atoms with Gasteiger partial charge in [0.05, 0.1) is 6.04 Å². The summed E-state index contributed by atoms with van der Waals surface area (Å²) < 4.78 is 13.2. The largest absolute Gasteiger partial charge is 0.351 e. The van der Waals surface area contributed by atoms with E-state index < -0.39 is 11.9 Å². The number of nitrogens with two attached hydrogens (primary N) is 1. The summed E-state index contributed by atoms with van der Waals surface area (Å²) in [6.45, 7) is 1.60. The van der Waals surface area contributed by atoms with Crippen molar-refractivity contribution in [1.29, 1.82) is 0 Å². The lowest BCUT2D eigenvalue weighted by Crippen LogP contribution is -2.38. The lowest BCUT2D eigenvalue weighted by Gasteiger charge is -2.09. The van der Waals surface area contributed by atoms with Crippen LogP contribution in [0.15, 0.2) is 18.2 Å². The van der Waals surface area contributed by atoms with Crippen molar-refractivity contribution in [3.63, 3.8) is 0 Å². The van der Waals surface area contributed by atoms with Crippen LogP contribution in [0.1, 0.15) is 12.5 Å². The number of hydrogen-bond acceptors (Lipinski definition) is 2. The van der Waals surface area contributed by atoms with Crippen molar-refractivity contribution in [1.82, 2.24) is 5.32 Å². The van der Waals surface area contributed by atoms with Crippen molar-refractivity contribution in [3.8, 4) is 0 Å². The maximum absolute atomic E-state index is 13.2. The summed E-state index contributed by atoms with van der Waals surface area (Å²) in [5.41, 5.74) is 5.61. The van der Waals surface area contributed by atoms with Crippen LogP contribution in [0.2, 0.25) is 5.02 Å². The Morgan fingerprint density at radius 2 is 2.25 bits per heavy atom. The molecule has 0 saturated carbocycles. The third kappa shape index (κ3) is 3.96. The molecule has 16 heavy (non-hydrogen) atoms. The predicted molar refractivity (Wildman–Crippen MR) is 64.2 cm³/mol. The van der Waals surface area contributed by atoms with E-state index >= 15 is 0 Å². The molecular weight excluding hydrogens is 254 g/mol. The number of amides is 1. The molecule has 1 aromatic rings. The molecule has 1 amide bonds. The van der Waals surface area contributed by atoms with Crippen molar-refractivity contribution < 1.29 is 9.18 Å². The Morgan fingerprint density at radius 3 is 2.75 bits per heavy atom. The highest BCUT2D eigenvalue weighted by Crippen LogP contribution is 2.18. The molecule has 0 aromatic heterocycles. The second kappa shape index (κ2) is 6.68. The first-order valence-electron chi connectivity index (χ1n) is 4.48. The Balaban J connectivity index is 0.00000225. The molecule has 90 valence electrons. The van der Waals surface area contributed by atoms with Crippen LogP contribution in [-0.4, -0.2) is 11.9 Å². The van der Waals surface area contributed by atoms with E-state index in [-0.39, 0.29) is 30.4 Å². The Kier molecular flexibility index (Phi) is 6.33. The number of rotatable bonds is 3. The van der Waals surface area contributed by atoms with Gasteiger partial charge in [-0.3, -0.25) is 4.79 Å². The number of nitrogens with one attached hydrogen (secondary N) is 1. The Labute approximate surface area is 105 Å². The molecule has 0 saturated heterocycles. The van der Waals surface area contributed by atoms with E-state index in [0.717, 1.165) is 0 Å². The van der Waals surface area contributed by atoms with E-state index in [2.05, 4.69) is 5.32 Å². The summed E-state index contributed by atoms with van der Waals surface area (Å²) in [5.74, 6) is -0.776. The SMILES string of the molecule is C[C@@H](N)C(=O)NCc1c(F)cccc1Cl.Cl. The maximum atomic E-state index is 13.2. The van der Waals surface area contributed by atoms with E-state index in [1.807, 2.05) is 0 Å². The van der Waals surface area contributed by atoms with Crippen LogP contribution in [0.5, 0.6) is 0 Å². The van der Waals surface area contributed by atoms with Gasteiger partial charge in [-0.05, 0) is 19.1 Å². The molecule has 0 heterocycles. The molecule has 3 nitrogen and oxygen atoms in total. The van der Waals surface area contributed by atoms with Crippen LogP contribution in [-0.2, 0) is 11.3 Å². The first kappa shape index (κ1) is 15.2. The zero-order chi connectivity index (χ0) is 11.4. The number of benzene rings is 1. The van der Waals surface area contributed by atoms with E-state index in [1.165, 1.54) is 12.1 Å². The Bertz CT molecular complexity index is 352. The quantitative estimate of drug-likeness (QED) is 0.878. The first-order valence-corrected chi connectivity index (χ1v) is 4.86. The van der Waals surface area contributed by atoms with Gasteiger partial charge in [-0.1, -0.05) is 17.7 Å². The Hall–Kier alpha value is -0.840. The van der Waals surface area contributed by atoms with Crippen molar-refractivity contribution in [2.75, 3.05) is 0 Å². The van der Waals surface area contributed by atoms with Gasteiger partial charge >= 0.3 is 0 Å². The molecule has 1 rings (SSSR count). The van der Waals surface area contributed by atoms with Gasteiger partial charge in [0, 0.05) is 17.1 Å². The molecule has 0 aliphatic heterocycles. The summed E-state index contributed by atoms with van der Waals surface area (Å²) >= 11 is 5.77. The number of halogens is 3. The summed E-state index contributed by atoms with van der Waals surface area (Å²) in [5, 5.41) is 2.78. The van der Waals surface area contributed by atoms with Crippen molar-refractivity contribution in [3.05, 3.63) is 34.6 Å². The zero-order valence-electron chi connectivity index (χ0n) is 8.67. The lowest BCUT2D eigenvalue weighted by atomic mass is 10.2. The van der Waals surface area contributed by atoms with Crippen molar-refractivity contribution >= 4 is 29.9 Å². The molecule has 0 spiro atoms. The van der Waals surface area contributed by atoms with Gasteiger partial charge in [0.1, 0.15) is 5.82 Å². The molecule has 0 bridgehead atoms. The van der Waals surface area contributed by atoms with Crippen LogP contribution >= 0.6 is 24.0 Å². The summed E-state index contributed by atoms with van der Waals surface area (Å²) in [6, 6.07) is 3.75. The zero-order valence-corrected chi connectivity index (χ0v) is 10.2. The highest BCUT2D eigenvalue weighted by Gasteiger charge is 2.10. The highest BCUT2D eigenvalue weighted by molar-refractivity contribution is 6.31. The summed E-state index contributed by atoms with van der Waals surface area (Å²) in [6.07, 6.45) is 0. The second-order valence-corrected chi connectivity index (χ2v) is 3.61. The first-order chi connectivity index (χ1) is 7.02. The molecule has 0 fully saturated rings. The number of carbonyl (C=O) groups excluding carboxylic acids is 1. The number of hydrogen-bond donors (Lipinski definition) is 2. The average molecular weight is 267 g/mol. The van der Waals surface area contributed by atoms with Crippen LogP contribution in [0.3, 0.4) is 0 Å². The molecule has 1 atom stereocenters. The van der Waals surface area contributed by atoms with Gasteiger partial charge in [0.15, 0.2) is 0 Å². The van der Waals surface area contributed by atoms with E-state index in [4.69, 9.17) is 17.3 Å². The van der Waals surface area contributed by atoms with Crippen LogP contribution in [0, 0.1) is 5.82 Å². The van der Waals surface area contributed by atoms with Gasteiger partial charge in [-0.2, -0.15) is 0 Å². The number of carbonyl (C=O) groups is 1. The molecule has 0 aliphatic carbocycles. The second-order valence-electron chi connectivity index (χ2n) is 3.21. The van der Waals surface area contributed by atoms with Gasteiger partial charge < -0.3 is 11.1 Å². The van der Waals surface area contributed by atoms with E-state index in [1.54, 1.807) is 13.0 Å². The van der Waals surface area contributed by atoms with Crippen LogP contribution in [0.25, 0.3) is 0 Å². The fraction of sp³-hybridized carbons (Fsp3) is 0.300. The highest BCUT2D eigenvalue weighted by atomic mass is 35.5. The monoisotopic (exact) mass is 266 g/mol. The molecule has 1 aromatic carbocycles. The molecule has 0 aliphatic rings. The third-order valence-corrected chi connectivity index (χ3v) is 2.27. The molecular formula is C10H13Cl2FN2O. The van der Waals surface area contributed by atoms with Crippen molar-refractivity contribution in [2.45, 2.75) is 19.5 Å². The summed E-state index contributed by atoms with van der Waals surface area (Å²) in [7, 11) is 0. The van der Waals surface area contributed by atoms with Gasteiger partial charge in [0.2, 0.25) is 5.91 Å². The molecule has 0 unspecified atom stereocenters. The van der Waals surface area contributed by atoms with Gasteiger partial charge in [-0.25, -0.2) is 4.39 Å². The minimum absolute atomic E-state index is 0. The maximum Gasteiger partial charge on any atom is 0.236 e. The van der Waals surface area contributed by atoms with Gasteiger partial charge in [0.25, 0.3) is 0 Å². The third-order valence-electron chi connectivity index (χ3n) is 1.91. The van der Waals surface area contributed by atoms with E-state index in [9.17, 15) is 9.18 Å². The topological polar surface area (TPSA) is 55.1 Å². The lowest BCUT2D eigenvalue weighted by molar-refractivity contribution is -0.122. The minimum atomic E-state index is -0.615. The predicted octanol–water partition coefficient (Wildman–Crippen LogP) is 1.86. The molecule has 0 radical (unpaired) electrons. The normalized spacial score (nSPS) is 11.5. The minimum Gasteiger partial charge on any atom is -0.351 e. The standard InChI is InChI=1S/C10H12ClFN2O.ClH/c1-6(13)10(15)14-5-7-8(11)3-2-4-9(7)12;/h2-4,6H,5,13H2,1H3,(H,14,15);1H/t6-;/m1./s1. The molecule has 3 N–H and O–H groups in total. The summed E-state index contributed by atoms with van der Waals surface area (Å²) in [4.78, 5) is 11.1. The van der Waals surface area contributed by atoms with Gasteiger partial charge in [-0.15, -0.1) is 12.4 Å². The molecule has 6 heteroatoms. The fourth-order valence-corrected chi connectivity index (χ4v) is 1.27. The van der Waals surface area contributed by atoms with Crippen LogP contribution in [0.4, 0.5) is 4.39 Å². The van der Waals surface area contributed by atoms with E-state index in [0.29, 0.717) is 5.02 Å². The smallest absolute Gasteiger partial charge is 0.236 e.